The Bertz CT molecular complexity index is 340. The number of hydrogen-bond donors (Lipinski definition) is 0. The van der Waals surface area contributed by atoms with Gasteiger partial charge in [-0.1, -0.05) is 0 Å². The zero-order chi connectivity index (χ0) is 11.3. The summed E-state index contributed by atoms with van der Waals surface area (Å²) < 4.78 is 5.34. The third-order valence-electron chi connectivity index (χ3n) is 2.32. The predicted octanol–water partition coefficient (Wildman–Crippen LogP) is 2.43. The topological polar surface area (TPSA) is 36.3 Å². The molecular weight excluding hydrogens is 188 g/mol. The zero-order valence-corrected chi connectivity index (χ0v) is 9.40. The fourth-order valence-corrected chi connectivity index (χ4v) is 1.25. The van der Waals surface area contributed by atoms with Gasteiger partial charge in [0.2, 0.25) is 0 Å². The first kappa shape index (κ1) is 11.4. The average Bonchev–Trinajstić information content (AvgIpc) is 2.28. The second-order valence-corrected chi connectivity index (χ2v) is 3.34. The molecule has 0 N–H and O–H groups in total. The van der Waals surface area contributed by atoms with Crippen LogP contribution in [0.4, 0.5) is 5.69 Å². The van der Waals surface area contributed by atoms with E-state index in [0.29, 0.717) is 6.61 Å². The minimum Gasteiger partial charge on any atom is -0.494 e. The van der Waals surface area contributed by atoms with Gasteiger partial charge in [0.1, 0.15) is 11.8 Å². The van der Waals surface area contributed by atoms with Crippen molar-refractivity contribution in [1.82, 2.24) is 0 Å². The van der Waals surface area contributed by atoms with E-state index in [1.807, 2.05) is 50.1 Å². The van der Waals surface area contributed by atoms with E-state index in [1.54, 1.807) is 0 Å². The van der Waals surface area contributed by atoms with Crippen LogP contribution in [0.15, 0.2) is 24.3 Å². The van der Waals surface area contributed by atoms with Gasteiger partial charge in [-0.3, -0.25) is 0 Å². The molecule has 0 saturated carbocycles. The molecule has 0 aliphatic rings. The first-order valence-electron chi connectivity index (χ1n) is 5.04. The summed E-state index contributed by atoms with van der Waals surface area (Å²) in [5.41, 5.74) is 1.02. The van der Waals surface area contributed by atoms with Crippen LogP contribution in [0.3, 0.4) is 0 Å². The van der Waals surface area contributed by atoms with Crippen molar-refractivity contribution in [2.45, 2.75) is 19.9 Å². The van der Waals surface area contributed by atoms with Gasteiger partial charge in [0.15, 0.2) is 0 Å². The van der Waals surface area contributed by atoms with Gasteiger partial charge in [0, 0.05) is 12.7 Å². The lowest BCUT2D eigenvalue weighted by molar-refractivity contribution is 0.340. The van der Waals surface area contributed by atoms with Gasteiger partial charge < -0.3 is 9.64 Å². The van der Waals surface area contributed by atoms with Crippen molar-refractivity contribution in [3.8, 4) is 11.8 Å². The molecule has 1 aromatic carbocycles. The molecule has 3 heteroatoms. The van der Waals surface area contributed by atoms with E-state index >= 15 is 0 Å². The van der Waals surface area contributed by atoms with E-state index in [0.717, 1.165) is 11.4 Å². The summed E-state index contributed by atoms with van der Waals surface area (Å²) in [4.78, 5) is 1.93. The van der Waals surface area contributed by atoms with E-state index in [4.69, 9.17) is 10.00 Å². The molecule has 0 aromatic heterocycles. The second kappa shape index (κ2) is 5.26. The largest absolute Gasteiger partial charge is 0.494 e. The quantitative estimate of drug-likeness (QED) is 0.755. The summed E-state index contributed by atoms with van der Waals surface area (Å²) in [6.07, 6.45) is 0. The maximum atomic E-state index is 8.79. The molecular formula is C12H16N2O. The molecule has 0 heterocycles. The molecule has 0 saturated heterocycles. The molecule has 0 aliphatic heterocycles. The predicted molar refractivity (Wildman–Crippen MR) is 61.1 cm³/mol. The molecule has 1 unspecified atom stereocenters. The lowest BCUT2D eigenvalue weighted by Crippen LogP contribution is -2.26. The number of nitrogens with zero attached hydrogens (tertiary/aromatic N) is 2. The van der Waals surface area contributed by atoms with Gasteiger partial charge in [-0.2, -0.15) is 5.26 Å². The molecule has 3 nitrogen and oxygen atoms in total. The Morgan fingerprint density at radius 3 is 2.47 bits per heavy atom. The van der Waals surface area contributed by atoms with E-state index in [1.165, 1.54) is 0 Å². The van der Waals surface area contributed by atoms with Gasteiger partial charge in [0.25, 0.3) is 0 Å². The summed E-state index contributed by atoms with van der Waals surface area (Å²) in [7, 11) is 1.91. The Balaban J connectivity index is 2.76. The lowest BCUT2D eigenvalue weighted by Gasteiger charge is -2.21. The summed E-state index contributed by atoms with van der Waals surface area (Å²) in [6.45, 7) is 4.50. The van der Waals surface area contributed by atoms with Crippen LogP contribution in [0.5, 0.6) is 5.75 Å². The van der Waals surface area contributed by atoms with Gasteiger partial charge in [-0.25, -0.2) is 0 Å². The van der Waals surface area contributed by atoms with Crippen LogP contribution in [-0.2, 0) is 0 Å². The van der Waals surface area contributed by atoms with Crippen LogP contribution >= 0.6 is 0 Å². The Kier molecular flexibility index (Phi) is 3.99. The molecule has 0 fully saturated rings. The van der Waals surface area contributed by atoms with E-state index < -0.39 is 0 Å². The molecule has 0 spiro atoms. The highest BCUT2D eigenvalue weighted by Gasteiger charge is 2.07. The van der Waals surface area contributed by atoms with E-state index in [2.05, 4.69) is 6.07 Å². The van der Waals surface area contributed by atoms with Crippen molar-refractivity contribution in [2.75, 3.05) is 18.6 Å². The van der Waals surface area contributed by atoms with Crippen LogP contribution in [-0.4, -0.2) is 19.7 Å². The minimum absolute atomic E-state index is 0.122. The lowest BCUT2D eigenvalue weighted by atomic mass is 10.2. The van der Waals surface area contributed by atoms with Crippen molar-refractivity contribution in [1.29, 1.82) is 5.26 Å². The van der Waals surface area contributed by atoms with Crippen LogP contribution in [0.25, 0.3) is 0 Å². The third-order valence-corrected chi connectivity index (χ3v) is 2.32. The Morgan fingerprint density at radius 1 is 1.40 bits per heavy atom. The molecule has 80 valence electrons. The molecule has 0 radical (unpaired) electrons. The first-order chi connectivity index (χ1) is 7.19. The molecule has 1 aromatic rings. The number of ether oxygens (including phenoxy) is 1. The Morgan fingerprint density at radius 2 is 2.00 bits per heavy atom. The monoisotopic (exact) mass is 204 g/mol. The van der Waals surface area contributed by atoms with Gasteiger partial charge in [0.05, 0.1) is 12.7 Å². The summed E-state index contributed by atoms with van der Waals surface area (Å²) in [6, 6.07) is 9.82. The normalized spacial score (nSPS) is 11.6. The average molecular weight is 204 g/mol. The van der Waals surface area contributed by atoms with Crippen molar-refractivity contribution in [2.24, 2.45) is 0 Å². The van der Waals surface area contributed by atoms with Crippen molar-refractivity contribution in [3.63, 3.8) is 0 Å². The summed E-state index contributed by atoms with van der Waals surface area (Å²) >= 11 is 0. The minimum atomic E-state index is -0.122. The fourth-order valence-electron chi connectivity index (χ4n) is 1.25. The smallest absolute Gasteiger partial charge is 0.119 e. The number of hydrogen-bond acceptors (Lipinski definition) is 3. The van der Waals surface area contributed by atoms with Crippen molar-refractivity contribution in [3.05, 3.63) is 24.3 Å². The van der Waals surface area contributed by atoms with Crippen molar-refractivity contribution < 1.29 is 4.74 Å². The number of rotatable bonds is 4. The van der Waals surface area contributed by atoms with Gasteiger partial charge in [-0.15, -0.1) is 0 Å². The second-order valence-electron chi connectivity index (χ2n) is 3.34. The Hall–Kier alpha value is -1.69. The fraction of sp³-hybridized carbons (Fsp3) is 0.417. The van der Waals surface area contributed by atoms with E-state index in [9.17, 15) is 0 Å². The zero-order valence-electron chi connectivity index (χ0n) is 9.40. The Labute approximate surface area is 90.9 Å². The third kappa shape index (κ3) is 2.88. The summed E-state index contributed by atoms with van der Waals surface area (Å²) in [5, 5.41) is 8.79. The molecule has 1 rings (SSSR count). The highest BCUT2D eigenvalue weighted by Crippen LogP contribution is 2.19. The molecule has 0 aliphatic carbocycles. The first-order valence-corrected chi connectivity index (χ1v) is 5.04. The highest BCUT2D eigenvalue weighted by molar-refractivity contribution is 5.50. The number of benzene rings is 1. The highest BCUT2D eigenvalue weighted by atomic mass is 16.5. The molecule has 15 heavy (non-hydrogen) atoms. The van der Waals surface area contributed by atoms with Crippen LogP contribution in [0, 0.1) is 11.3 Å². The number of nitriles is 1. The SMILES string of the molecule is CCOc1ccc(N(C)C(C)C#N)cc1. The standard InChI is InChI=1S/C12H16N2O/c1-4-15-12-7-5-11(6-8-12)14(3)10(2)9-13/h5-8,10H,4H2,1-3H3. The van der Waals surface area contributed by atoms with Crippen LogP contribution in [0.2, 0.25) is 0 Å². The molecule has 0 bridgehead atoms. The van der Waals surface area contributed by atoms with Crippen LogP contribution < -0.4 is 9.64 Å². The summed E-state index contributed by atoms with van der Waals surface area (Å²) in [5.74, 6) is 0.860. The van der Waals surface area contributed by atoms with Crippen LogP contribution in [0.1, 0.15) is 13.8 Å². The van der Waals surface area contributed by atoms with E-state index in [-0.39, 0.29) is 6.04 Å². The molecule has 0 amide bonds. The number of anilines is 1. The maximum absolute atomic E-state index is 8.79. The van der Waals surface area contributed by atoms with Gasteiger partial charge >= 0.3 is 0 Å². The maximum Gasteiger partial charge on any atom is 0.119 e. The molecule has 1 atom stereocenters. The van der Waals surface area contributed by atoms with Gasteiger partial charge in [-0.05, 0) is 38.1 Å². The van der Waals surface area contributed by atoms with Crippen molar-refractivity contribution >= 4 is 5.69 Å².